The van der Waals surface area contributed by atoms with Crippen LogP contribution in [0, 0.1) is 0 Å². The molecule has 1 amide bonds. The second-order valence-corrected chi connectivity index (χ2v) is 6.21. The number of aromatic nitrogens is 1. The number of nitrogens with one attached hydrogen (secondary N) is 1. The zero-order valence-electron chi connectivity index (χ0n) is 13.4. The van der Waals surface area contributed by atoms with Crippen molar-refractivity contribution in [1.29, 1.82) is 0 Å². The lowest BCUT2D eigenvalue weighted by Gasteiger charge is -2.25. The van der Waals surface area contributed by atoms with Crippen molar-refractivity contribution in [3.8, 4) is 0 Å². The van der Waals surface area contributed by atoms with Crippen molar-refractivity contribution in [2.75, 3.05) is 36.9 Å². The van der Waals surface area contributed by atoms with E-state index in [-0.39, 0.29) is 5.91 Å². The van der Waals surface area contributed by atoms with Crippen molar-refractivity contribution in [2.24, 2.45) is 5.10 Å². The van der Waals surface area contributed by atoms with Gasteiger partial charge in [-0.3, -0.25) is 4.79 Å². The van der Waals surface area contributed by atoms with Crippen LogP contribution in [0.5, 0.6) is 0 Å². The molecule has 1 aliphatic rings. The molecule has 0 bridgehead atoms. The van der Waals surface area contributed by atoms with Crippen molar-refractivity contribution >= 4 is 33.8 Å². The lowest BCUT2D eigenvalue weighted by Crippen LogP contribution is -2.36. The number of hydrogen-bond acceptors (Lipinski definition) is 7. The van der Waals surface area contributed by atoms with Crippen LogP contribution >= 0.6 is 11.3 Å². The van der Waals surface area contributed by atoms with E-state index in [9.17, 15) is 4.79 Å². The van der Waals surface area contributed by atoms with Gasteiger partial charge in [-0.2, -0.15) is 5.10 Å². The number of thiazole rings is 1. The van der Waals surface area contributed by atoms with Crippen molar-refractivity contribution in [2.45, 2.75) is 6.92 Å². The minimum absolute atomic E-state index is 0.319. The first kappa shape index (κ1) is 16.4. The molecule has 1 aromatic heterocycles. The van der Waals surface area contributed by atoms with Gasteiger partial charge in [-0.25, -0.2) is 10.4 Å². The number of nitrogens with two attached hydrogens (primary N) is 1. The van der Waals surface area contributed by atoms with Gasteiger partial charge in [-0.05, 0) is 24.6 Å². The minimum atomic E-state index is -0.319. The highest BCUT2D eigenvalue weighted by molar-refractivity contribution is 7.13. The van der Waals surface area contributed by atoms with E-state index in [1.54, 1.807) is 17.5 Å². The van der Waals surface area contributed by atoms with E-state index in [2.05, 4.69) is 20.4 Å². The maximum absolute atomic E-state index is 12.2. The van der Waals surface area contributed by atoms with Gasteiger partial charge in [-0.15, -0.1) is 11.3 Å². The number of morpholine rings is 1. The number of carbonyl (C=O) groups excluding carboxylic acids is 1. The molecule has 1 saturated heterocycles. The molecule has 0 radical (unpaired) electrons. The van der Waals surface area contributed by atoms with Crippen LogP contribution in [0.1, 0.15) is 23.0 Å². The maximum Gasteiger partial charge on any atom is 0.290 e. The molecule has 0 unspecified atom stereocenters. The molecular weight excluding hydrogens is 326 g/mol. The Morgan fingerprint density at radius 1 is 1.33 bits per heavy atom. The fourth-order valence-electron chi connectivity index (χ4n) is 2.25. The van der Waals surface area contributed by atoms with Crippen LogP contribution in [0.15, 0.2) is 34.7 Å². The van der Waals surface area contributed by atoms with Crippen molar-refractivity contribution in [3.63, 3.8) is 0 Å². The maximum atomic E-state index is 12.2. The Hall–Kier alpha value is -2.45. The summed E-state index contributed by atoms with van der Waals surface area (Å²) in [5.74, 6) is -0.319. The van der Waals surface area contributed by atoms with Gasteiger partial charge in [0.25, 0.3) is 5.91 Å². The zero-order valence-corrected chi connectivity index (χ0v) is 14.2. The van der Waals surface area contributed by atoms with E-state index in [4.69, 9.17) is 10.5 Å². The molecular formula is C16H19N5O2S. The van der Waals surface area contributed by atoms with Gasteiger partial charge in [0.2, 0.25) is 0 Å². The van der Waals surface area contributed by atoms with Crippen LogP contribution < -0.4 is 16.1 Å². The fraction of sp³-hybridized carbons (Fsp3) is 0.312. The van der Waals surface area contributed by atoms with Crippen LogP contribution in [-0.4, -0.2) is 42.9 Å². The summed E-state index contributed by atoms with van der Waals surface area (Å²) in [5, 5.41) is 6.71. The van der Waals surface area contributed by atoms with Crippen molar-refractivity contribution in [1.82, 2.24) is 10.4 Å². The van der Waals surface area contributed by atoms with Crippen molar-refractivity contribution < 1.29 is 9.53 Å². The summed E-state index contributed by atoms with van der Waals surface area (Å²) >= 11 is 1.45. The number of nitrogens with zero attached hydrogens (tertiary/aromatic N) is 3. The summed E-state index contributed by atoms with van der Waals surface area (Å²) in [4.78, 5) is 18.7. The monoisotopic (exact) mass is 345 g/mol. The standard InChI is InChI=1S/C16H19N5O2S/c1-11(12-2-4-13(17)5-3-12)19-20-15(22)14-10-24-16(18-14)21-6-8-23-9-7-21/h2-5,10H,6-9,17H2,1H3,(H,20,22)/b19-11-. The first-order valence-electron chi connectivity index (χ1n) is 7.62. The molecule has 2 heterocycles. The first-order chi connectivity index (χ1) is 11.6. The van der Waals surface area contributed by atoms with Gasteiger partial charge < -0.3 is 15.4 Å². The number of anilines is 2. The summed E-state index contributed by atoms with van der Waals surface area (Å²) in [6.45, 7) is 4.79. The quantitative estimate of drug-likeness (QED) is 0.500. The number of rotatable bonds is 4. The van der Waals surface area contributed by atoms with Gasteiger partial charge in [0.05, 0.1) is 18.9 Å². The summed E-state index contributed by atoms with van der Waals surface area (Å²) in [6.07, 6.45) is 0. The molecule has 8 heteroatoms. The summed E-state index contributed by atoms with van der Waals surface area (Å²) in [6, 6.07) is 7.32. The van der Waals surface area contributed by atoms with E-state index in [0.29, 0.717) is 30.3 Å². The summed E-state index contributed by atoms with van der Waals surface area (Å²) in [5.41, 5.74) is 10.9. The molecule has 3 rings (SSSR count). The molecule has 0 spiro atoms. The Morgan fingerprint density at radius 3 is 2.75 bits per heavy atom. The number of nitrogen functional groups attached to an aromatic ring is 1. The normalized spacial score (nSPS) is 15.4. The van der Waals surface area contributed by atoms with Crippen molar-refractivity contribution in [3.05, 3.63) is 40.9 Å². The van der Waals surface area contributed by atoms with Crippen LogP contribution in [0.2, 0.25) is 0 Å². The number of hydrogen-bond donors (Lipinski definition) is 2. The molecule has 0 saturated carbocycles. The second kappa shape index (κ2) is 7.41. The average Bonchev–Trinajstić information content (AvgIpc) is 3.11. The summed E-state index contributed by atoms with van der Waals surface area (Å²) in [7, 11) is 0. The smallest absolute Gasteiger partial charge is 0.290 e. The molecule has 24 heavy (non-hydrogen) atoms. The van der Waals surface area contributed by atoms with Crippen LogP contribution in [0.3, 0.4) is 0 Å². The lowest BCUT2D eigenvalue weighted by molar-refractivity contribution is 0.0950. The SMILES string of the molecule is C/C(=N/NC(=O)c1csc(N2CCOCC2)n1)c1ccc(N)cc1. The number of ether oxygens (including phenoxy) is 1. The fourth-order valence-corrected chi connectivity index (χ4v) is 3.11. The molecule has 0 atom stereocenters. The van der Waals surface area contributed by atoms with Gasteiger partial charge in [-0.1, -0.05) is 12.1 Å². The molecule has 1 aromatic carbocycles. The highest BCUT2D eigenvalue weighted by Crippen LogP contribution is 2.21. The molecule has 1 fully saturated rings. The van der Waals surface area contributed by atoms with Gasteiger partial charge in [0, 0.05) is 24.2 Å². The second-order valence-electron chi connectivity index (χ2n) is 5.37. The highest BCUT2D eigenvalue weighted by Gasteiger charge is 2.17. The third kappa shape index (κ3) is 3.90. The first-order valence-corrected chi connectivity index (χ1v) is 8.50. The topological polar surface area (TPSA) is 92.8 Å². The molecule has 0 aliphatic carbocycles. The van der Waals surface area contributed by atoms with E-state index >= 15 is 0 Å². The predicted octanol–water partition coefficient (Wildman–Crippen LogP) is 1.72. The van der Waals surface area contributed by atoms with E-state index in [0.717, 1.165) is 23.8 Å². The van der Waals surface area contributed by atoms with Crippen LogP contribution in [0.4, 0.5) is 10.8 Å². The van der Waals surface area contributed by atoms with E-state index in [1.807, 2.05) is 19.1 Å². The number of benzene rings is 1. The number of carbonyl (C=O) groups is 1. The van der Waals surface area contributed by atoms with Crippen LogP contribution in [0.25, 0.3) is 0 Å². The largest absolute Gasteiger partial charge is 0.399 e. The highest BCUT2D eigenvalue weighted by atomic mass is 32.1. The molecule has 126 valence electrons. The molecule has 3 N–H and O–H groups in total. The molecule has 1 aliphatic heterocycles. The van der Waals surface area contributed by atoms with E-state index in [1.165, 1.54) is 11.3 Å². The summed E-state index contributed by atoms with van der Waals surface area (Å²) < 4.78 is 5.32. The average molecular weight is 345 g/mol. The number of hydrazone groups is 1. The Bertz CT molecular complexity index is 735. The molecule has 7 nitrogen and oxygen atoms in total. The van der Waals surface area contributed by atoms with Gasteiger partial charge >= 0.3 is 0 Å². The van der Waals surface area contributed by atoms with E-state index < -0.39 is 0 Å². The van der Waals surface area contributed by atoms with Crippen LogP contribution in [-0.2, 0) is 4.74 Å². The third-order valence-electron chi connectivity index (χ3n) is 3.66. The Balaban J connectivity index is 1.63. The zero-order chi connectivity index (χ0) is 16.9. The predicted molar refractivity (Wildman–Crippen MR) is 95.7 cm³/mol. The lowest BCUT2D eigenvalue weighted by atomic mass is 10.1. The van der Waals surface area contributed by atoms with Gasteiger partial charge in [0.1, 0.15) is 5.69 Å². The Kier molecular flexibility index (Phi) is 5.07. The molecule has 2 aromatic rings. The van der Waals surface area contributed by atoms with Gasteiger partial charge in [0.15, 0.2) is 5.13 Å². The Morgan fingerprint density at radius 2 is 2.04 bits per heavy atom. The third-order valence-corrected chi connectivity index (χ3v) is 4.56. The number of amides is 1. The Labute approximate surface area is 144 Å². The minimum Gasteiger partial charge on any atom is -0.399 e.